The summed E-state index contributed by atoms with van der Waals surface area (Å²) in [4.78, 5) is 38.0. The Balaban J connectivity index is 1.53. The van der Waals surface area contributed by atoms with E-state index in [0.717, 1.165) is 19.3 Å². The monoisotopic (exact) mass is 333 g/mol. The molecule has 130 valence electrons. The average molecular weight is 333 g/mol. The summed E-state index contributed by atoms with van der Waals surface area (Å²) in [5.41, 5.74) is -0.729. The summed E-state index contributed by atoms with van der Waals surface area (Å²) >= 11 is 0. The number of hydrogen-bond acceptors (Lipinski definition) is 4. The van der Waals surface area contributed by atoms with Gasteiger partial charge >= 0.3 is 6.03 Å². The van der Waals surface area contributed by atoms with Crippen LogP contribution < -0.4 is 10.6 Å². The molecule has 0 radical (unpaired) electrons. The van der Waals surface area contributed by atoms with Crippen LogP contribution in [0.2, 0.25) is 0 Å². The van der Waals surface area contributed by atoms with Crippen molar-refractivity contribution in [1.29, 1.82) is 0 Å². The van der Waals surface area contributed by atoms with Gasteiger partial charge in [-0.1, -0.05) is 19.3 Å². The summed E-state index contributed by atoms with van der Waals surface area (Å²) in [6.07, 6.45) is 6.00. The lowest BCUT2D eigenvalue weighted by atomic mass is 9.82. The Labute approximate surface area is 140 Å². The maximum Gasteiger partial charge on any atom is 0.325 e. The molecule has 0 unspecified atom stereocenters. The smallest absolute Gasteiger partial charge is 0.325 e. The van der Waals surface area contributed by atoms with Crippen molar-refractivity contribution in [2.75, 3.05) is 6.54 Å². The van der Waals surface area contributed by atoms with Gasteiger partial charge < -0.3 is 15.1 Å². The number of urea groups is 1. The van der Waals surface area contributed by atoms with Crippen LogP contribution >= 0.6 is 0 Å². The van der Waals surface area contributed by atoms with E-state index >= 15 is 0 Å². The highest BCUT2D eigenvalue weighted by atomic mass is 16.3. The summed E-state index contributed by atoms with van der Waals surface area (Å²) in [6.45, 7) is 1.92. The lowest BCUT2D eigenvalue weighted by Gasteiger charge is -2.30. The number of carbonyl (C=O) groups is 3. The summed E-state index contributed by atoms with van der Waals surface area (Å²) in [6, 6.07) is 2.92. The molecule has 1 aliphatic heterocycles. The third-order valence-corrected chi connectivity index (χ3v) is 4.86. The van der Waals surface area contributed by atoms with Crippen LogP contribution in [0.4, 0.5) is 4.79 Å². The number of hydrogen-bond donors (Lipinski definition) is 2. The number of carbonyl (C=O) groups excluding carboxylic acids is 3. The second-order valence-electron chi connectivity index (χ2n) is 6.58. The minimum absolute atomic E-state index is 0.0836. The van der Waals surface area contributed by atoms with E-state index in [2.05, 4.69) is 10.6 Å². The molecular formula is C17H23N3O4. The normalized spacial score (nSPS) is 21.0. The fourth-order valence-electron chi connectivity index (χ4n) is 3.51. The van der Waals surface area contributed by atoms with Crippen LogP contribution in [-0.2, 0) is 9.59 Å². The van der Waals surface area contributed by atoms with Gasteiger partial charge in [-0.25, -0.2) is 4.79 Å². The topological polar surface area (TPSA) is 91.7 Å². The summed E-state index contributed by atoms with van der Waals surface area (Å²) in [7, 11) is 0. The molecule has 0 bridgehead atoms. The standard InChI is InChI=1S/C17H23N3O4/c1-12(13-6-5-11-24-13)18-14(21)7-10-20-15(22)17(19-16(20)23)8-3-2-4-9-17/h5-6,11-12H,2-4,7-10H2,1H3,(H,18,21)(H,19,23)/t12-/m0/s1. The third kappa shape index (κ3) is 3.16. The lowest BCUT2D eigenvalue weighted by molar-refractivity contribution is -0.132. The maximum atomic E-state index is 12.6. The van der Waals surface area contributed by atoms with Crippen LogP contribution in [0.15, 0.2) is 22.8 Å². The lowest BCUT2D eigenvalue weighted by Crippen LogP contribution is -2.48. The first kappa shape index (κ1) is 16.5. The fraction of sp³-hybridized carbons (Fsp3) is 0.588. The minimum atomic E-state index is -0.729. The van der Waals surface area contributed by atoms with E-state index in [1.54, 1.807) is 18.4 Å². The van der Waals surface area contributed by atoms with Gasteiger partial charge in [0.05, 0.1) is 12.3 Å². The van der Waals surface area contributed by atoms with Crippen molar-refractivity contribution in [2.45, 2.75) is 57.0 Å². The molecule has 0 aromatic carbocycles. The van der Waals surface area contributed by atoms with E-state index in [-0.39, 0.29) is 36.9 Å². The average Bonchev–Trinajstić information content (AvgIpc) is 3.16. The molecule has 3 rings (SSSR count). The Morgan fingerprint density at radius 2 is 2.12 bits per heavy atom. The summed E-state index contributed by atoms with van der Waals surface area (Å²) < 4.78 is 5.24. The summed E-state index contributed by atoms with van der Waals surface area (Å²) in [5.74, 6) is 0.266. The molecule has 1 aliphatic carbocycles. The second kappa shape index (κ2) is 6.67. The highest BCUT2D eigenvalue weighted by Crippen LogP contribution is 2.33. The number of rotatable bonds is 5. The molecule has 1 saturated heterocycles. The van der Waals surface area contributed by atoms with E-state index in [4.69, 9.17) is 4.42 Å². The summed E-state index contributed by atoms with van der Waals surface area (Å²) in [5, 5.41) is 5.65. The maximum absolute atomic E-state index is 12.6. The number of imide groups is 1. The van der Waals surface area contributed by atoms with Crippen LogP contribution in [-0.4, -0.2) is 34.8 Å². The number of amides is 4. The van der Waals surface area contributed by atoms with Gasteiger partial charge in [0.2, 0.25) is 5.91 Å². The second-order valence-corrected chi connectivity index (χ2v) is 6.58. The van der Waals surface area contributed by atoms with E-state index < -0.39 is 5.54 Å². The molecule has 1 spiro atoms. The van der Waals surface area contributed by atoms with Crippen molar-refractivity contribution in [3.8, 4) is 0 Å². The van der Waals surface area contributed by atoms with E-state index in [0.29, 0.717) is 18.6 Å². The molecule has 1 aromatic rings. The first-order valence-electron chi connectivity index (χ1n) is 8.49. The van der Waals surface area contributed by atoms with Crippen LogP contribution in [0.25, 0.3) is 0 Å². The molecule has 2 fully saturated rings. The van der Waals surface area contributed by atoms with Crippen molar-refractivity contribution in [1.82, 2.24) is 15.5 Å². The minimum Gasteiger partial charge on any atom is -0.467 e. The quantitative estimate of drug-likeness (QED) is 0.807. The largest absolute Gasteiger partial charge is 0.467 e. The van der Waals surface area contributed by atoms with Crippen molar-refractivity contribution < 1.29 is 18.8 Å². The zero-order valence-electron chi connectivity index (χ0n) is 13.8. The van der Waals surface area contributed by atoms with Gasteiger partial charge in [-0.3, -0.25) is 14.5 Å². The Kier molecular flexibility index (Phi) is 4.59. The molecule has 1 aromatic heterocycles. The van der Waals surface area contributed by atoms with Gasteiger partial charge in [0.15, 0.2) is 0 Å². The molecule has 2 heterocycles. The van der Waals surface area contributed by atoms with Gasteiger partial charge in [-0.15, -0.1) is 0 Å². The SMILES string of the molecule is C[C@H](NC(=O)CCN1C(=O)NC2(CCCCC2)C1=O)c1ccco1. The zero-order chi connectivity index (χ0) is 17.2. The molecule has 7 heteroatoms. The molecular weight excluding hydrogens is 310 g/mol. The number of furan rings is 1. The highest BCUT2D eigenvalue weighted by molar-refractivity contribution is 6.07. The molecule has 4 amide bonds. The molecule has 1 atom stereocenters. The molecule has 2 N–H and O–H groups in total. The van der Waals surface area contributed by atoms with Gasteiger partial charge in [0.1, 0.15) is 11.3 Å². The third-order valence-electron chi connectivity index (χ3n) is 4.86. The van der Waals surface area contributed by atoms with E-state index in [1.807, 2.05) is 6.92 Å². The first-order valence-corrected chi connectivity index (χ1v) is 8.49. The zero-order valence-corrected chi connectivity index (χ0v) is 13.8. The predicted molar refractivity (Wildman–Crippen MR) is 85.9 cm³/mol. The molecule has 1 saturated carbocycles. The Morgan fingerprint density at radius 1 is 1.38 bits per heavy atom. The van der Waals surface area contributed by atoms with Crippen molar-refractivity contribution in [3.05, 3.63) is 24.2 Å². The van der Waals surface area contributed by atoms with Gasteiger partial charge in [0, 0.05) is 13.0 Å². The van der Waals surface area contributed by atoms with Crippen molar-refractivity contribution >= 4 is 17.8 Å². The Hall–Kier alpha value is -2.31. The van der Waals surface area contributed by atoms with E-state index in [1.165, 1.54) is 4.90 Å². The van der Waals surface area contributed by atoms with Crippen LogP contribution in [0, 0.1) is 0 Å². The van der Waals surface area contributed by atoms with E-state index in [9.17, 15) is 14.4 Å². The Morgan fingerprint density at radius 3 is 2.79 bits per heavy atom. The number of nitrogens with zero attached hydrogens (tertiary/aromatic N) is 1. The molecule has 24 heavy (non-hydrogen) atoms. The van der Waals surface area contributed by atoms with Crippen LogP contribution in [0.5, 0.6) is 0 Å². The Bertz CT molecular complexity index is 620. The van der Waals surface area contributed by atoms with Crippen molar-refractivity contribution in [3.63, 3.8) is 0 Å². The predicted octanol–water partition coefficient (Wildman–Crippen LogP) is 2.10. The molecule has 2 aliphatic rings. The van der Waals surface area contributed by atoms with Gasteiger partial charge in [0.25, 0.3) is 5.91 Å². The van der Waals surface area contributed by atoms with Gasteiger partial charge in [-0.05, 0) is 31.9 Å². The number of nitrogens with one attached hydrogen (secondary N) is 2. The molecule has 7 nitrogen and oxygen atoms in total. The highest BCUT2D eigenvalue weighted by Gasteiger charge is 2.51. The van der Waals surface area contributed by atoms with Crippen LogP contribution in [0.3, 0.4) is 0 Å². The fourth-order valence-corrected chi connectivity index (χ4v) is 3.51. The van der Waals surface area contributed by atoms with Crippen LogP contribution in [0.1, 0.15) is 57.3 Å². The first-order chi connectivity index (χ1) is 11.5. The van der Waals surface area contributed by atoms with Gasteiger partial charge in [-0.2, -0.15) is 0 Å². The van der Waals surface area contributed by atoms with Crippen molar-refractivity contribution in [2.24, 2.45) is 0 Å².